The first-order chi connectivity index (χ1) is 10.9. The fourth-order valence-corrected chi connectivity index (χ4v) is 2.30. The number of benzene rings is 1. The average molecular weight is 319 g/mol. The van der Waals surface area contributed by atoms with Gasteiger partial charge in [0.2, 0.25) is 0 Å². The number of hydrogen-bond acceptors (Lipinski definition) is 5. The molecule has 0 fully saturated rings. The van der Waals surface area contributed by atoms with Crippen molar-refractivity contribution in [2.45, 2.75) is 39.4 Å². The van der Waals surface area contributed by atoms with E-state index in [1.54, 1.807) is 6.08 Å². The molecule has 1 aromatic carbocycles. The number of fused-ring (bicyclic) bond motifs is 1. The summed E-state index contributed by atoms with van der Waals surface area (Å²) in [6.07, 6.45) is 2.80. The van der Waals surface area contributed by atoms with Gasteiger partial charge in [-0.1, -0.05) is 0 Å². The molecule has 0 saturated heterocycles. The summed E-state index contributed by atoms with van der Waals surface area (Å²) in [6, 6.07) is 3.77. The molecule has 1 heterocycles. The SMILES string of the molecule is CCOc1cc2c(cc1/C=C/C(=O)O[C@@H](C)C(N)=O)O[C@H](C)C2. The Hall–Kier alpha value is -2.50. The van der Waals surface area contributed by atoms with Gasteiger partial charge in [-0.05, 0) is 39.0 Å². The van der Waals surface area contributed by atoms with Gasteiger partial charge >= 0.3 is 5.97 Å². The van der Waals surface area contributed by atoms with Crippen molar-refractivity contribution in [3.8, 4) is 11.5 Å². The second kappa shape index (κ2) is 7.17. The molecule has 124 valence electrons. The number of rotatable bonds is 6. The van der Waals surface area contributed by atoms with Gasteiger partial charge in [-0.25, -0.2) is 4.79 Å². The lowest BCUT2D eigenvalue weighted by Crippen LogP contribution is -2.29. The van der Waals surface area contributed by atoms with E-state index >= 15 is 0 Å². The van der Waals surface area contributed by atoms with Gasteiger partial charge in [-0.15, -0.1) is 0 Å². The maximum Gasteiger partial charge on any atom is 0.331 e. The third-order valence-corrected chi connectivity index (χ3v) is 3.42. The van der Waals surface area contributed by atoms with E-state index in [1.165, 1.54) is 13.0 Å². The molecule has 1 aromatic rings. The lowest BCUT2D eigenvalue weighted by Gasteiger charge is -2.10. The van der Waals surface area contributed by atoms with E-state index in [4.69, 9.17) is 19.9 Å². The third kappa shape index (κ3) is 4.25. The van der Waals surface area contributed by atoms with Crippen molar-refractivity contribution in [3.63, 3.8) is 0 Å². The van der Waals surface area contributed by atoms with Crippen LogP contribution in [0.15, 0.2) is 18.2 Å². The molecule has 0 aromatic heterocycles. The van der Waals surface area contributed by atoms with E-state index < -0.39 is 18.0 Å². The van der Waals surface area contributed by atoms with Crippen LogP contribution in [0.25, 0.3) is 6.08 Å². The lowest BCUT2D eigenvalue weighted by molar-refractivity contribution is -0.148. The number of carbonyl (C=O) groups excluding carboxylic acids is 2. The topological polar surface area (TPSA) is 87.9 Å². The van der Waals surface area contributed by atoms with E-state index in [1.807, 2.05) is 26.0 Å². The maximum absolute atomic E-state index is 11.7. The molecule has 2 N–H and O–H groups in total. The number of nitrogens with two attached hydrogens (primary N) is 1. The predicted octanol–water partition coefficient (Wildman–Crippen LogP) is 1.84. The summed E-state index contributed by atoms with van der Waals surface area (Å²) < 4.78 is 16.2. The standard InChI is InChI=1S/C17H21NO5/c1-4-21-14-9-13-7-10(2)22-15(13)8-12(14)5-6-16(19)23-11(3)17(18)20/h5-6,8-11H,4,7H2,1-3H3,(H2,18,20)/b6-5+/t10-,11+/m1/s1. The van der Waals surface area contributed by atoms with Gasteiger partial charge in [0, 0.05) is 23.6 Å². The van der Waals surface area contributed by atoms with Gasteiger partial charge in [0.25, 0.3) is 5.91 Å². The Balaban J connectivity index is 2.18. The first-order valence-electron chi connectivity index (χ1n) is 7.55. The van der Waals surface area contributed by atoms with Gasteiger partial charge < -0.3 is 19.9 Å². The quantitative estimate of drug-likeness (QED) is 0.638. The summed E-state index contributed by atoms with van der Waals surface area (Å²) in [4.78, 5) is 22.6. The fraction of sp³-hybridized carbons (Fsp3) is 0.412. The first-order valence-corrected chi connectivity index (χ1v) is 7.55. The average Bonchev–Trinajstić information content (AvgIpc) is 2.84. The second-order valence-electron chi connectivity index (χ2n) is 5.38. The minimum absolute atomic E-state index is 0.125. The van der Waals surface area contributed by atoms with Crippen molar-refractivity contribution in [1.82, 2.24) is 0 Å². The molecule has 2 atom stereocenters. The Morgan fingerprint density at radius 3 is 2.87 bits per heavy atom. The molecule has 1 aliphatic rings. The number of ether oxygens (including phenoxy) is 3. The summed E-state index contributed by atoms with van der Waals surface area (Å²) >= 11 is 0. The second-order valence-corrected chi connectivity index (χ2v) is 5.38. The van der Waals surface area contributed by atoms with Crippen LogP contribution in [0.2, 0.25) is 0 Å². The van der Waals surface area contributed by atoms with E-state index in [-0.39, 0.29) is 6.10 Å². The zero-order valence-electron chi connectivity index (χ0n) is 13.5. The summed E-state index contributed by atoms with van der Waals surface area (Å²) in [5, 5.41) is 0. The minimum atomic E-state index is -0.970. The lowest BCUT2D eigenvalue weighted by atomic mass is 10.1. The molecule has 0 bridgehead atoms. The smallest absolute Gasteiger partial charge is 0.331 e. The molecule has 6 heteroatoms. The highest BCUT2D eigenvalue weighted by Crippen LogP contribution is 2.35. The van der Waals surface area contributed by atoms with Crippen LogP contribution in [0, 0.1) is 0 Å². The van der Waals surface area contributed by atoms with Crippen molar-refractivity contribution in [1.29, 1.82) is 0 Å². The summed E-state index contributed by atoms with van der Waals surface area (Å²) in [6.45, 7) is 5.82. The van der Waals surface area contributed by atoms with Crippen LogP contribution in [-0.2, 0) is 20.7 Å². The number of carbonyl (C=O) groups is 2. The van der Waals surface area contributed by atoms with E-state index in [0.717, 1.165) is 17.7 Å². The van der Waals surface area contributed by atoms with Crippen LogP contribution >= 0.6 is 0 Å². The monoisotopic (exact) mass is 319 g/mol. The molecule has 1 amide bonds. The van der Waals surface area contributed by atoms with Gasteiger partial charge in [-0.3, -0.25) is 4.79 Å². The molecule has 0 unspecified atom stereocenters. The molecular weight excluding hydrogens is 298 g/mol. The van der Waals surface area contributed by atoms with Crippen molar-refractivity contribution < 1.29 is 23.8 Å². The molecule has 0 radical (unpaired) electrons. The van der Waals surface area contributed by atoms with Crippen LogP contribution in [0.4, 0.5) is 0 Å². The van der Waals surface area contributed by atoms with Crippen LogP contribution in [-0.4, -0.2) is 30.7 Å². The van der Waals surface area contributed by atoms with E-state index in [9.17, 15) is 9.59 Å². The Labute approximate surface area is 135 Å². The predicted molar refractivity (Wildman–Crippen MR) is 85.2 cm³/mol. The van der Waals surface area contributed by atoms with Crippen LogP contribution in [0.1, 0.15) is 31.9 Å². The Morgan fingerprint density at radius 1 is 1.48 bits per heavy atom. The number of hydrogen-bond donors (Lipinski definition) is 1. The largest absolute Gasteiger partial charge is 0.493 e. The molecule has 1 aliphatic heterocycles. The zero-order valence-corrected chi connectivity index (χ0v) is 13.5. The number of esters is 1. The molecular formula is C17H21NO5. The van der Waals surface area contributed by atoms with E-state index in [0.29, 0.717) is 17.9 Å². The highest BCUT2D eigenvalue weighted by molar-refractivity contribution is 5.90. The Kier molecular flexibility index (Phi) is 5.26. The molecule has 0 aliphatic carbocycles. The number of amides is 1. The minimum Gasteiger partial charge on any atom is -0.493 e. The normalized spacial score (nSPS) is 17.4. The summed E-state index contributed by atoms with van der Waals surface area (Å²) in [7, 11) is 0. The summed E-state index contributed by atoms with van der Waals surface area (Å²) in [5.74, 6) is 0.130. The highest BCUT2D eigenvalue weighted by atomic mass is 16.5. The Bertz CT molecular complexity index is 638. The van der Waals surface area contributed by atoms with E-state index in [2.05, 4.69) is 0 Å². The van der Waals surface area contributed by atoms with Gasteiger partial charge in [-0.2, -0.15) is 0 Å². The van der Waals surface area contributed by atoms with Gasteiger partial charge in [0.05, 0.1) is 6.61 Å². The third-order valence-electron chi connectivity index (χ3n) is 3.42. The van der Waals surface area contributed by atoms with Crippen LogP contribution < -0.4 is 15.2 Å². The maximum atomic E-state index is 11.7. The van der Waals surface area contributed by atoms with Crippen LogP contribution in [0.3, 0.4) is 0 Å². The molecule has 0 spiro atoms. The van der Waals surface area contributed by atoms with Crippen molar-refractivity contribution in [3.05, 3.63) is 29.3 Å². The fourth-order valence-electron chi connectivity index (χ4n) is 2.30. The van der Waals surface area contributed by atoms with Crippen molar-refractivity contribution in [2.24, 2.45) is 5.73 Å². The number of primary amides is 1. The van der Waals surface area contributed by atoms with Gasteiger partial charge in [0.15, 0.2) is 6.10 Å². The van der Waals surface area contributed by atoms with Crippen molar-refractivity contribution >= 4 is 18.0 Å². The molecule has 6 nitrogen and oxygen atoms in total. The summed E-state index contributed by atoms with van der Waals surface area (Å²) in [5.41, 5.74) is 6.85. The molecule has 2 rings (SSSR count). The van der Waals surface area contributed by atoms with Crippen LogP contribution in [0.5, 0.6) is 11.5 Å². The highest BCUT2D eigenvalue weighted by Gasteiger charge is 2.21. The first kappa shape index (κ1) is 16.9. The van der Waals surface area contributed by atoms with Crippen molar-refractivity contribution in [2.75, 3.05) is 6.61 Å². The zero-order chi connectivity index (χ0) is 17.0. The Morgan fingerprint density at radius 2 is 2.22 bits per heavy atom. The molecule has 0 saturated carbocycles. The van der Waals surface area contributed by atoms with Gasteiger partial charge in [0.1, 0.15) is 17.6 Å². The molecule has 23 heavy (non-hydrogen) atoms.